The minimum Gasteiger partial charge on any atom is -0.496 e. The second kappa shape index (κ2) is 7.61. The summed E-state index contributed by atoms with van der Waals surface area (Å²) >= 11 is 0. The molecule has 0 radical (unpaired) electrons. The van der Waals surface area contributed by atoms with Gasteiger partial charge in [0, 0.05) is 18.1 Å². The number of benzene rings is 1. The first-order valence-electron chi connectivity index (χ1n) is 6.78. The molecule has 0 heterocycles. The number of halogens is 1. The molecule has 0 unspecified atom stereocenters. The summed E-state index contributed by atoms with van der Waals surface area (Å²) in [6, 6.07) is 1.67. The van der Waals surface area contributed by atoms with Gasteiger partial charge in [-0.1, -0.05) is 20.3 Å². The molecule has 0 N–H and O–H groups in total. The molecule has 0 saturated heterocycles. The number of aryl methyl sites for hydroxylation is 1. The molecule has 0 amide bonds. The number of allylic oxidation sites excluding steroid dienone is 1. The van der Waals surface area contributed by atoms with E-state index in [0.29, 0.717) is 12.0 Å². The van der Waals surface area contributed by atoms with Gasteiger partial charge < -0.3 is 9.47 Å². The number of methoxy groups -OCH3 is 2. The number of rotatable bonds is 7. The minimum absolute atomic E-state index is 0.0442. The van der Waals surface area contributed by atoms with Crippen LogP contribution in [0.3, 0.4) is 0 Å². The molecule has 1 aromatic carbocycles. The zero-order valence-corrected chi connectivity index (χ0v) is 12.7. The summed E-state index contributed by atoms with van der Waals surface area (Å²) in [4.78, 5) is 10.4. The summed E-state index contributed by atoms with van der Waals surface area (Å²) in [5.74, 6) is -0.250. The van der Waals surface area contributed by atoms with Crippen molar-refractivity contribution in [1.82, 2.24) is 0 Å². The van der Waals surface area contributed by atoms with Gasteiger partial charge in [-0.2, -0.15) is 0 Å². The third-order valence-corrected chi connectivity index (χ3v) is 3.15. The van der Waals surface area contributed by atoms with Crippen LogP contribution in [-0.2, 0) is 6.42 Å². The Balaban J connectivity index is 3.54. The molecule has 21 heavy (non-hydrogen) atoms. The molecule has 0 aliphatic heterocycles. The highest BCUT2D eigenvalue weighted by atomic mass is 19.1. The van der Waals surface area contributed by atoms with Gasteiger partial charge in [-0.3, -0.25) is 10.1 Å². The molecule has 0 aliphatic carbocycles. The Labute approximate surface area is 123 Å². The molecule has 116 valence electrons. The SMILES string of the molecule is CCCc1cc(OC)c(/C=C(\CC)[N+](=O)[O-])c(F)c1OC. The Morgan fingerprint density at radius 1 is 1.38 bits per heavy atom. The largest absolute Gasteiger partial charge is 0.496 e. The Morgan fingerprint density at radius 2 is 2.05 bits per heavy atom. The molecule has 0 spiro atoms. The molecule has 6 heteroatoms. The maximum atomic E-state index is 14.6. The molecule has 0 atom stereocenters. The van der Waals surface area contributed by atoms with Gasteiger partial charge in [0.1, 0.15) is 5.75 Å². The molecule has 0 aromatic heterocycles. The van der Waals surface area contributed by atoms with Crippen LogP contribution >= 0.6 is 0 Å². The van der Waals surface area contributed by atoms with Gasteiger partial charge in [0.15, 0.2) is 11.6 Å². The molecular weight excluding hydrogens is 277 g/mol. The van der Waals surface area contributed by atoms with Gasteiger partial charge in [0.25, 0.3) is 0 Å². The first kappa shape index (κ1) is 16.9. The number of nitro groups is 1. The lowest BCUT2D eigenvalue weighted by molar-refractivity contribution is -0.425. The normalized spacial score (nSPS) is 11.4. The lowest BCUT2D eigenvalue weighted by atomic mass is 10.0. The second-order valence-electron chi connectivity index (χ2n) is 4.50. The van der Waals surface area contributed by atoms with Crippen LogP contribution in [0, 0.1) is 15.9 Å². The average Bonchev–Trinajstić information content (AvgIpc) is 2.46. The average molecular weight is 297 g/mol. The first-order chi connectivity index (χ1) is 9.99. The lowest BCUT2D eigenvalue weighted by Crippen LogP contribution is -2.03. The van der Waals surface area contributed by atoms with E-state index in [1.165, 1.54) is 20.3 Å². The first-order valence-corrected chi connectivity index (χ1v) is 6.78. The molecule has 0 bridgehead atoms. The summed E-state index contributed by atoms with van der Waals surface area (Å²) in [5, 5.41) is 10.9. The van der Waals surface area contributed by atoms with Crippen molar-refractivity contribution in [3.8, 4) is 11.5 Å². The minimum atomic E-state index is -0.631. The highest BCUT2D eigenvalue weighted by molar-refractivity contribution is 5.63. The van der Waals surface area contributed by atoms with E-state index in [2.05, 4.69) is 0 Å². The smallest absolute Gasteiger partial charge is 0.246 e. The van der Waals surface area contributed by atoms with E-state index in [1.54, 1.807) is 13.0 Å². The fourth-order valence-corrected chi connectivity index (χ4v) is 2.10. The van der Waals surface area contributed by atoms with Crippen molar-refractivity contribution >= 4 is 6.08 Å². The van der Waals surface area contributed by atoms with Crippen LogP contribution in [0.5, 0.6) is 11.5 Å². The van der Waals surface area contributed by atoms with Crippen molar-refractivity contribution in [3.63, 3.8) is 0 Å². The molecular formula is C15H20FNO4. The van der Waals surface area contributed by atoms with E-state index >= 15 is 0 Å². The van der Waals surface area contributed by atoms with Gasteiger partial charge in [-0.05, 0) is 12.5 Å². The molecule has 0 saturated carbocycles. The van der Waals surface area contributed by atoms with E-state index < -0.39 is 10.7 Å². The van der Waals surface area contributed by atoms with Gasteiger partial charge in [-0.15, -0.1) is 0 Å². The van der Waals surface area contributed by atoms with E-state index in [4.69, 9.17) is 9.47 Å². The zero-order chi connectivity index (χ0) is 16.0. The predicted molar refractivity (Wildman–Crippen MR) is 78.8 cm³/mol. The number of hydrogen-bond donors (Lipinski definition) is 0. The van der Waals surface area contributed by atoms with E-state index in [1.807, 2.05) is 6.92 Å². The van der Waals surface area contributed by atoms with Crippen molar-refractivity contribution in [3.05, 3.63) is 38.8 Å². The topological polar surface area (TPSA) is 61.6 Å². The maximum absolute atomic E-state index is 14.6. The fraction of sp³-hybridized carbons (Fsp3) is 0.467. The van der Waals surface area contributed by atoms with Crippen molar-refractivity contribution in [2.45, 2.75) is 33.1 Å². The van der Waals surface area contributed by atoms with Crippen LogP contribution in [0.15, 0.2) is 11.8 Å². The Kier molecular flexibility index (Phi) is 6.14. The Bertz CT molecular complexity index is 555. The summed E-state index contributed by atoms with van der Waals surface area (Å²) in [6.07, 6.45) is 2.85. The monoisotopic (exact) mass is 297 g/mol. The van der Waals surface area contributed by atoms with Crippen LogP contribution < -0.4 is 9.47 Å². The van der Waals surface area contributed by atoms with E-state index in [-0.39, 0.29) is 29.2 Å². The summed E-state index contributed by atoms with van der Waals surface area (Å²) in [7, 11) is 2.79. The Hall–Kier alpha value is -2.11. The van der Waals surface area contributed by atoms with Crippen LogP contribution in [0.25, 0.3) is 6.08 Å². The van der Waals surface area contributed by atoms with Crippen molar-refractivity contribution in [2.75, 3.05) is 14.2 Å². The Morgan fingerprint density at radius 3 is 2.48 bits per heavy atom. The van der Waals surface area contributed by atoms with Gasteiger partial charge in [0.2, 0.25) is 5.70 Å². The standard InChI is InChI=1S/C15H20FNO4/c1-5-7-10-8-13(20-3)12(14(16)15(10)21-4)9-11(6-2)17(18)19/h8-9H,5-7H2,1-4H3/b11-9+. The molecule has 0 aliphatic rings. The predicted octanol–water partition coefficient (Wildman–Crippen LogP) is 3.82. The van der Waals surface area contributed by atoms with Crippen LogP contribution in [0.2, 0.25) is 0 Å². The van der Waals surface area contributed by atoms with Crippen molar-refractivity contribution < 1.29 is 18.8 Å². The van der Waals surface area contributed by atoms with E-state index in [9.17, 15) is 14.5 Å². The van der Waals surface area contributed by atoms with Gasteiger partial charge in [-0.25, -0.2) is 4.39 Å². The summed E-state index contributed by atoms with van der Waals surface area (Å²) < 4.78 is 24.9. The third-order valence-electron chi connectivity index (χ3n) is 3.15. The fourth-order valence-electron chi connectivity index (χ4n) is 2.10. The van der Waals surface area contributed by atoms with Crippen LogP contribution in [0.4, 0.5) is 4.39 Å². The van der Waals surface area contributed by atoms with Crippen molar-refractivity contribution in [2.24, 2.45) is 0 Å². The van der Waals surface area contributed by atoms with Crippen LogP contribution in [-0.4, -0.2) is 19.1 Å². The number of ether oxygens (including phenoxy) is 2. The van der Waals surface area contributed by atoms with Crippen molar-refractivity contribution in [1.29, 1.82) is 0 Å². The summed E-state index contributed by atoms with van der Waals surface area (Å²) in [5.41, 5.74) is 0.644. The number of nitrogens with zero attached hydrogens (tertiary/aromatic N) is 1. The quantitative estimate of drug-likeness (QED) is 0.567. The molecule has 0 fully saturated rings. The zero-order valence-electron chi connectivity index (χ0n) is 12.7. The lowest BCUT2D eigenvalue weighted by Gasteiger charge is -2.14. The third kappa shape index (κ3) is 3.71. The second-order valence-corrected chi connectivity index (χ2v) is 4.50. The van der Waals surface area contributed by atoms with Gasteiger partial charge in [0.05, 0.1) is 24.7 Å². The molecule has 1 rings (SSSR count). The highest BCUT2D eigenvalue weighted by Gasteiger charge is 2.20. The summed E-state index contributed by atoms with van der Waals surface area (Å²) in [6.45, 7) is 3.61. The van der Waals surface area contributed by atoms with Crippen LogP contribution in [0.1, 0.15) is 37.8 Å². The highest BCUT2D eigenvalue weighted by Crippen LogP contribution is 2.35. The molecule has 5 nitrogen and oxygen atoms in total. The maximum Gasteiger partial charge on any atom is 0.246 e. The van der Waals surface area contributed by atoms with E-state index in [0.717, 1.165) is 6.42 Å². The van der Waals surface area contributed by atoms with Gasteiger partial charge >= 0.3 is 0 Å². The molecule has 1 aromatic rings. The number of hydrogen-bond acceptors (Lipinski definition) is 4.